The van der Waals surface area contributed by atoms with Gasteiger partial charge in [0, 0.05) is 11.1 Å². The van der Waals surface area contributed by atoms with Crippen LogP contribution in [-0.4, -0.2) is 24.6 Å². The number of nitrogens with one attached hydrogen (secondary N) is 1. The molecule has 1 aromatic heterocycles. The molecule has 8 heteroatoms. The van der Waals surface area contributed by atoms with Crippen LogP contribution in [0.2, 0.25) is 0 Å². The second kappa shape index (κ2) is 7.57. The Kier molecular flexibility index (Phi) is 4.93. The summed E-state index contributed by atoms with van der Waals surface area (Å²) >= 11 is 0. The first-order valence-electron chi connectivity index (χ1n) is 9.11. The van der Waals surface area contributed by atoms with E-state index in [0.29, 0.717) is 6.54 Å². The minimum atomic E-state index is -4.08. The topological polar surface area (TPSA) is 89.1 Å². The van der Waals surface area contributed by atoms with E-state index < -0.39 is 21.6 Å². The molecule has 0 atom stereocenters. The van der Waals surface area contributed by atoms with E-state index in [1.807, 2.05) is 0 Å². The maximum Gasteiger partial charge on any atom is 0.262 e. The molecule has 150 valence electrons. The molecular weight excluding hydrogens is 402 g/mol. The van der Waals surface area contributed by atoms with E-state index >= 15 is 0 Å². The van der Waals surface area contributed by atoms with Crippen molar-refractivity contribution in [2.75, 3.05) is 0 Å². The predicted octanol–water partition coefficient (Wildman–Crippen LogP) is 2.19. The lowest BCUT2D eigenvalue weighted by Crippen LogP contribution is -2.35. The SMILES string of the molecule is C=CC[n+]1ccn(C2=C(NS(=O)(=O)c3ccccc3)C(=O)c3ccccc3C2=O)c1. The van der Waals surface area contributed by atoms with Crippen molar-refractivity contribution in [1.29, 1.82) is 0 Å². The highest BCUT2D eigenvalue weighted by Gasteiger charge is 2.38. The molecule has 3 aromatic rings. The van der Waals surface area contributed by atoms with Crippen LogP contribution < -0.4 is 9.29 Å². The number of sulfonamides is 1. The zero-order valence-electron chi connectivity index (χ0n) is 15.9. The van der Waals surface area contributed by atoms with Gasteiger partial charge in [-0.25, -0.2) is 13.0 Å². The molecule has 0 saturated carbocycles. The summed E-state index contributed by atoms with van der Waals surface area (Å²) in [5, 5.41) is 0. The Labute approximate surface area is 173 Å². The molecule has 0 aliphatic heterocycles. The average molecular weight is 420 g/mol. The minimum absolute atomic E-state index is 0.00909. The molecule has 2 aromatic carbocycles. The maximum absolute atomic E-state index is 13.3. The van der Waals surface area contributed by atoms with Crippen molar-refractivity contribution >= 4 is 27.3 Å². The fourth-order valence-electron chi connectivity index (χ4n) is 3.28. The Morgan fingerprint density at radius 1 is 0.967 bits per heavy atom. The number of Topliss-reactive ketones (excluding diaryl/α,β-unsaturated/α-hetero) is 2. The third-order valence-corrected chi connectivity index (χ3v) is 6.04. The first kappa shape index (κ1) is 19.5. The molecule has 0 unspecified atom stereocenters. The molecular formula is C22H18N3O4S+. The van der Waals surface area contributed by atoms with E-state index in [9.17, 15) is 18.0 Å². The molecule has 0 amide bonds. The van der Waals surface area contributed by atoms with Gasteiger partial charge in [-0.05, 0) is 12.1 Å². The van der Waals surface area contributed by atoms with Gasteiger partial charge in [-0.2, -0.15) is 4.57 Å². The lowest BCUT2D eigenvalue weighted by atomic mass is 9.90. The van der Waals surface area contributed by atoms with E-state index in [1.54, 1.807) is 65.8 Å². The molecule has 1 aliphatic rings. The third-order valence-electron chi connectivity index (χ3n) is 4.67. The van der Waals surface area contributed by atoms with E-state index in [0.717, 1.165) is 0 Å². The summed E-state index contributed by atoms with van der Waals surface area (Å²) in [6, 6.07) is 14.0. The Morgan fingerprint density at radius 3 is 2.27 bits per heavy atom. The molecule has 0 radical (unpaired) electrons. The van der Waals surface area contributed by atoms with Crippen molar-refractivity contribution in [3.8, 4) is 0 Å². The van der Waals surface area contributed by atoms with Crippen LogP contribution in [0.5, 0.6) is 0 Å². The summed E-state index contributed by atoms with van der Waals surface area (Å²) in [5.41, 5.74) is 0.0391. The predicted molar refractivity (Wildman–Crippen MR) is 110 cm³/mol. The molecule has 0 fully saturated rings. The number of aromatic nitrogens is 2. The Balaban J connectivity index is 1.89. The van der Waals surface area contributed by atoms with Gasteiger partial charge in [0.2, 0.25) is 23.6 Å². The Bertz CT molecular complexity index is 1300. The number of rotatable bonds is 6. The van der Waals surface area contributed by atoms with Crippen molar-refractivity contribution in [2.45, 2.75) is 11.4 Å². The van der Waals surface area contributed by atoms with Gasteiger partial charge in [-0.1, -0.05) is 55.1 Å². The Morgan fingerprint density at radius 2 is 1.60 bits per heavy atom. The number of allylic oxidation sites excluding steroid dienone is 3. The van der Waals surface area contributed by atoms with Crippen LogP contribution in [0, 0.1) is 0 Å². The molecule has 0 bridgehead atoms. The van der Waals surface area contributed by atoms with Crippen LogP contribution in [0.3, 0.4) is 0 Å². The zero-order chi connectivity index (χ0) is 21.3. The molecule has 1 aliphatic carbocycles. The van der Waals surface area contributed by atoms with Crippen LogP contribution in [-0.2, 0) is 16.6 Å². The second-order valence-electron chi connectivity index (χ2n) is 6.65. The first-order chi connectivity index (χ1) is 14.4. The normalized spacial score (nSPS) is 13.9. The van der Waals surface area contributed by atoms with E-state index in [1.165, 1.54) is 22.8 Å². The summed E-state index contributed by atoms with van der Waals surface area (Å²) in [4.78, 5) is 26.5. The zero-order valence-corrected chi connectivity index (χ0v) is 16.7. The number of ketones is 2. The van der Waals surface area contributed by atoms with Gasteiger partial charge in [-0.15, -0.1) is 0 Å². The highest BCUT2D eigenvalue weighted by molar-refractivity contribution is 7.89. The average Bonchev–Trinajstić information content (AvgIpc) is 3.21. The van der Waals surface area contributed by atoms with Crippen LogP contribution in [0.25, 0.3) is 5.70 Å². The number of benzene rings is 2. The number of hydrogen-bond donors (Lipinski definition) is 1. The van der Waals surface area contributed by atoms with Gasteiger partial charge in [0.25, 0.3) is 10.0 Å². The molecule has 0 spiro atoms. The van der Waals surface area contributed by atoms with Gasteiger partial charge in [0.15, 0.2) is 0 Å². The lowest BCUT2D eigenvalue weighted by Gasteiger charge is -2.19. The summed E-state index contributed by atoms with van der Waals surface area (Å²) in [5.74, 6) is -1.01. The van der Waals surface area contributed by atoms with Crippen LogP contribution in [0.15, 0.2) is 96.6 Å². The highest BCUT2D eigenvalue weighted by Crippen LogP contribution is 2.28. The first-order valence-corrected chi connectivity index (χ1v) is 10.6. The fourth-order valence-corrected chi connectivity index (χ4v) is 4.37. The van der Waals surface area contributed by atoms with Crippen LogP contribution in [0.1, 0.15) is 20.7 Å². The maximum atomic E-state index is 13.3. The number of hydrogen-bond acceptors (Lipinski definition) is 4. The van der Waals surface area contributed by atoms with Gasteiger partial charge in [-0.3, -0.25) is 14.3 Å². The number of carbonyl (C=O) groups is 2. The van der Waals surface area contributed by atoms with Crippen molar-refractivity contribution < 1.29 is 22.6 Å². The minimum Gasteiger partial charge on any atom is -0.287 e. The largest absolute Gasteiger partial charge is 0.287 e. The van der Waals surface area contributed by atoms with E-state index in [-0.39, 0.29) is 27.4 Å². The smallest absolute Gasteiger partial charge is 0.262 e. The summed E-state index contributed by atoms with van der Waals surface area (Å²) in [7, 11) is -4.08. The van der Waals surface area contributed by atoms with Crippen LogP contribution >= 0.6 is 0 Å². The summed E-state index contributed by atoms with van der Waals surface area (Å²) < 4.78 is 31.4. The molecule has 4 rings (SSSR count). The van der Waals surface area contributed by atoms with Crippen molar-refractivity contribution in [3.05, 3.63) is 103 Å². The third kappa shape index (κ3) is 3.37. The quantitative estimate of drug-likeness (QED) is 0.489. The van der Waals surface area contributed by atoms with E-state index in [2.05, 4.69) is 11.3 Å². The number of imidazole rings is 1. The standard InChI is InChI=1S/C22H17N3O4S/c1-2-12-24-13-14-25(15-24)20-19(23-30(28,29)16-8-4-3-5-9-16)21(26)17-10-6-7-11-18(17)22(20)27/h2-11,13-15H,1,12H2/p+1. The number of carbonyl (C=O) groups excluding carboxylic acids is 2. The van der Waals surface area contributed by atoms with Crippen molar-refractivity contribution in [2.24, 2.45) is 0 Å². The molecule has 7 nitrogen and oxygen atoms in total. The van der Waals surface area contributed by atoms with Crippen molar-refractivity contribution in [3.63, 3.8) is 0 Å². The fraction of sp³-hybridized carbons (Fsp3) is 0.0455. The Hall–Kier alpha value is -3.78. The number of fused-ring (bicyclic) bond motifs is 1. The van der Waals surface area contributed by atoms with Crippen LogP contribution in [0.4, 0.5) is 0 Å². The number of nitrogens with zero attached hydrogens (tertiary/aromatic N) is 2. The molecule has 1 N–H and O–H groups in total. The van der Waals surface area contributed by atoms with E-state index in [4.69, 9.17) is 0 Å². The van der Waals surface area contributed by atoms with Gasteiger partial charge >= 0.3 is 0 Å². The van der Waals surface area contributed by atoms with Gasteiger partial charge in [0.05, 0.1) is 4.90 Å². The van der Waals surface area contributed by atoms with Gasteiger partial charge < -0.3 is 0 Å². The van der Waals surface area contributed by atoms with Crippen molar-refractivity contribution in [1.82, 2.24) is 9.29 Å². The highest BCUT2D eigenvalue weighted by atomic mass is 32.2. The summed E-state index contributed by atoms with van der Waals surface area (Å²) in [6.07, 6.45) is 6.58. The monoisotopic (exact) mass is 420 g/mol. The molecule has 0 saturated heterocycles. The second-order valence-corrected chi connectivity index (χ2v) is 8.33. The molecule has 30 heavy (non-hydrogen) atoms. The molecule has 1 heterocycles. The lowest BCUT2D eigenvalue weighted by molar-refractivity contribution is -0.686. The summed E-state index contributed by atoms with van der Waals surface area (Å²) in [6.45, 7) is 4.17. The van der Waals surface area contributed by atoms with Gasteiger partial charge in [0.1, 0.15) is 24.6 Å².